The zero-order valence-corrected chi connectivity index (χ0v) is 20.0. The van der Waals surface area contributed by atoms with Crippen molar-refractivity contribution in [1.29, 1.82) is 0 Å². The molecule has 35 heavy (non-hydrogen) atoms. The van der Waals surface area contributed by atoms with Gasteiger partial charge in [0.25, 0.3) is 0 Å². The SMILES string of the molecule is CSCCC(N)C(=O)NC(CO)C(=O)NC(Cc1c[nH]c2ccccc12)C(=O)NC(CO)C(=O)O. The Morgan fingerprint density at radius 1 is 0.971 bits per heavy atom. The van der Waals surface area contributed by atoms with E-state index < -0.39 is 61.1 Å². The summed E-state index contributed by atoms with van der Waals surface area (Å²) in [6.07, 6.45) is 3.86. The number of hydrogen-bond donors (Lipinski definition) is 8. The normalized spacial score (nSPS) is 14.5. The molecule has 9 N–H and O–H groups in total. The summed E-state index contributed by atoms with van der Waals surface area (Å²) in [4.78, 5) is 52.4. The van der Waals surface area contributed by atoms with Crippen molar-refractivity contribution in [3.63, 3.8) is 0 Å². The number of aromatic amines is 1. The number of aromatic nitrogens is 1. The van der Waals surface area contributed by atoms with E-state index in [0.29, 0.717) is 17.7 Å². The fourth-order valence-corrected chi connectivity index (χ4v) is 3.80. The third-order valence-electron chi connectivity index (χ3n) is 5.31. The quantitative estimate of drug-likeness (QED) is 0.146. The summed E-state index contributed by atoms with van der Waals surface area (Å²) < 4.78 is 0. The third kappa shape index (κ3) is 7.96. The van der Waals surface area contributed by atoms with Crippen LogP contribution in [0.5, 0.6) is 0 Å². The van der Waals surface area contributed by atoms with Gasteiger partial charge in [-0.05, 0) is 30.1 Å². The summed E-state index contributed by atoms with van der Waals surface area (Å²) in [5.74, 6) is -3.15. The molecule has 2 rings (SSSR count). The number of carboxylic acid groups (broad SMARTS) is 1. The summed E-state index contributed by atoms with van der Waals surface area (Å²) in [6, 6.07) is 2.17. The molecule has 0 fully saturated rings. The number of nitrogens with two attached hydrogens (primary N) is 1. The lowest BCUT2D eigenvalue weighted by molar-refractivity contribution is -0.143. The van der Waals surface area contributed by atoms with Crippen molar-refractivity contribution in [3.05, 3.63) is 36.0 Å². The first-order valence-corrected chi connectivity index (χ1v) is 12.3. The Balaban J connectivity index is 2.21. The maximum Gasteiger partial charge on any atom is 0.328 e. The van der Waals surface area contributed by atoms with Gasteiger partial charge in [-0.3, -0.25) is 14.4 Å². The number of amides is 3. The predicted molar refractivity (Wildman–Crippen MR) is 131 cm³/mol. The molecule has 4 unspecified atom stereocenters. The molecular weight excluding hydrogens is 478 g/mol. The van der Waals surface area contributed by atoms with E-state index in [-0.39, 0.29) is 6.42 Å². The van der Waals surface area contributed by atoms with Gasteiger partial charge in [0.05, 0.1) is 19.3 Å². The molecule has 13 heteroatoms. The lowest BCUT2D eigenvalue weighted by Gasteiger charge is -2.24. The maximum atomic E-state index is 12.9. The van der Waals surface area contributed by atoms with Gasteiger partial charge in [-0.15, -0.1) is 0 Å². The molecule has 0 aliphatic rings. The largest absolute Gasteiger partial charge is 0.480 e. The van der Waals surface area contributed by atoms with Gasteiger partial charge in [0.15, 0.2) is 0 Å². The van der Waals surface area contributed by atoms with E-state index in [9.17, 15) is 29.4 Å². The number of para-hydroxylation sites is 1. The fraction of sp³-hybridized carbons (Fsp3) is 0.455. The molecule has 192 valence electrons. The number of H-pyrrole nitrogens is 1. The average Bonchev–Trinajstić information content (AvgIpc) is 3.25. The van der Waals surface area contributed by atoms with Gasteiger partial charge >= 0.3 is 5.97 Å². The Morgan fingerprint density at radius 2 is 1.57 bits per heavy atom. The van der Waals surface area contributed by atoms with Crippen molar-refractivity contribution in [2.75, 3.05) is 25.2 Å². The Labute approximate surface area is 206 Å². The van der Waals surface area contributed by atoms with Crippen LogP contribution >= 0.6 is 11.8 Å². The van der Waals surface area contributed by atoms with Crippen molar-refractivity contribution in [3.8, 4) is 0 Å². The molecule has 2 aromatic rings. The van der Waals surface area contributed by atoms with Crippen LogP contribution in [0.1, 0.15) is 12.0 Å². The summed E-state index contributed by atoms with van der Waals surface area (Å²) >= 11 is 1.51. The summed E-state index contributed by atoms with van der Waals surface area (Å²) in [5.41, 5.74) is 7.28. The zero-order valence-electron chi connectivity index (χ0n) is 19.2. The van der Waals surface area contributed by atoms with Crippen LogP contribution in [-0.2, 0) is 25.6 Å². The summed E-state index contributed by atoms with van der Waals surface area (Å²) in [6.45, 7) is -1.60. The standard InChI is InChI=1S/C22H31N5O7S/c1-35-7-6-14(23)19(30)26-17(10-28)21(32)25-16(20(31)27-18(11-29)22(33)34)8-12-9-24-15-5-3-2-4-13(12)15/h2-5,9,14,16-18,24,28-29H,6-8,10-11,23H2,1H3,(H,25,32)(H,26,30)(H,27,31)(H,33,34). The highest BCUT2D eigenvalue weighted by Crippen LogP contribution is 2.19. The Bertz CT molecular complexity index is 1030. The van der Waals surface area contributed by atoms with Crippen molar-refractivity contribution in [2.45, 2.75) is 37.0 Å². The molecule has 3 amide bonds. The lowest BCUT2D eigenvalue weighted by Crippen LogP contribution is -2.58. The smallest absolute Gasteiger partial charge is 0.328 e. The van der Waals surface area contributed by atoms with Crippen LogP contribution in [0.25, 0.3) is 10.9 Å². The zero-order chi connectivity index (χ0) is 26.0. The highest BCUT2D eigenvalue weighted by atomic mass is 32.2. The Kier molecular flexibility index (Phi) is 11.0. The third-order valence-corrected chi connectivity index (χ3v) is 5.96. The van der Waals surface area contributed by atoms with Gasteiger partial charge in [0.1, 0.15) is 18.1 Å². The van der Waals surface area contributed by atoms with E-state index in [1.807, 2.05) is 24.5 Å². The van der Waals surface area contributed by atoms with Gasteiger partial charge in [0, 0.05) is 23.5 Å². The second-order valence-corrected chi connectivity index (χ2v) is 8.82. The van der Waals surface area contributed by atoms with E-state index in [1.165, 1.54) is 11.8 Å². The topological polar surface area (TPSA) is 207 Å². The summed E-state index contributed by atoms with van der Waals surface area (Å²) in [7, 11) is 0. The Morgan fingerprint density at radius 3 is 2.20 bits per heavy atom. The molecular formula is C22H31N5O7S. The molecule has 0 radical (unpaired) electrons. The van der Waals surface area contributed by atoms with E-state index in [2.05, 4.69) is 20.9 Å². The number of nitrogens with one attached hydrogen (secondary N) is 4. The number of rotatable bonds is 14. The van der Waals surface area contributed by atoms with Gasteiger partial charge < -0.3 is 42.0 Å². The van der Waals surface area contributed by atoms with Crippen molar-refractivity contribution in [2.24, 2.45) is 5.73 Å². The highest BCUT2D eigenvalue weighted by molar-refractivity contribution is 7.98. The van der Waals surface area contributed by atoms with Gasteiger partial charge in [-0.25, -0.2) is 4.79 Å². The van der Waals surface area contributed by atoms with Gasteiger partial charge in [-0.1, -0.05) is 18.2 Å². The molecule has 1 aromatic heterocycles. The molecule has 0 spiro atoms. The van der Waals surface area contributed by atoms with Gasteiger partial charge in [-0.2, -0.15) is 11.8 Å². The molecule has 0 bridgehead atoms. The van der Waals surface area contributed by atoms with Crippen molar-refractivity contribution >= 4 is 46.4 Å². The minimum absolute atomic E-state index is 0.0291. The molecule has 0 aliphatic heterocycles. The van der Waals surface area contributed by atoms with E-state index in [0.717, 1.165) is 10.9 Å². The number of aliphatic hydroxyl groups is 2. The van der Waals surface area contributed by atoms with Gasteiger partial charge in [0.2, 0.25) is 17.7 Å². The monoisotopic (exact) mass is 509 g/mol. The first kappa shape index (κ1) is 28.1. The molecule has 0 saturated carbocycles. The van der Waals surface area contributed by atoms with Crippen LogP contribution in [0.2, 0.25) is 0 Å². The minimum Gasteiger partial charge on any atom is -0.480 e. The molecule has 1 heterocycles. The fourth-order valence-electron chi connectivity index (χ4n) is 3.31. The second-order valence-electron chi connectivity index (χ2n) is 7.84. The molecule has 0 aliphatic carbocycles. The number of aliphatic carboxylic acids is 1. The van der Waals surface area contributed by atoms with Crippen LogP contribution in [-0.4, -0.2) is 93.4 Å². The number of hydrogen-bond acceptors (Lipinski definition) is 8. The molecule has 4 atom stereocenters. The second kappa shape index (κ2) is 13.7. The highest BCUT2D eigenvalue weighted by Gasteiger charge is 2.30. The van der Waals surface area contributed by atoms with Crippen LogP contribution < -0.4 is 21.7 Å². The average molecular weight is 510 g/mol. The lowest BCUT2D eigenvalue weighted by atomic mass is 10.0. The molecule has 12 nitrogen and oxygen atoms in total. The molecule has 0 saturated heterocycles. The molecule has 1 aromatic carbocycles. The number of fused-ring (bicyclic) bond motifs is 1. The van der Waals surface area contributed by atoms with Crippen molar-refractivity contribution < 1.29 is 34.5 Å². The van der Waals surface area contributed by atoms with E-state index >= 15 is 0 Å². The van der Waals surface area contributed by atoms with Crippen molar-refractivity contribution in [1.82, 2.24) is 20.9 Å². The van der Waals surface area contributed by atoms with Crippen LogP contribution in [0.4, 0.5) is 0 Å². The number of benzene rings is 1. The number of carbonyl (C=O) groups is 4. The number of carboxylic acids is 1. The van der Waals surface area contributed by atoms with E-state index in [1.54, 1.807) is 12.3 Å². The number of thioether (sulfide) groups is 1. The number of carbonyl (C=O) groups excluding carboxylic acids is 3. The predicted octanol–water partition coefficient (Wildman–Crippen LogP) is -1.69. The first-order chi connectivity index (χ1) is 16.7. The van der Waals surface area contributed by atoms with E-state index in [4.69, 9.17) is 10.8 Å². The first-order valence-electron chi connectivity index (χ1n) is 10.9. The Hall–Kier alpha value is -3.13. The summed E-state index contributed by atoms with van der Waals surface area (Å²) in [5, 5.41) is 35.9. The van der Waals surface area contributed by atoms with Crippen LogP contribution in [0.3, 0.4) is 0 Å². The van der Waals surface area contributed by atoms with Crippen LogP contribution in [0.15, 0.2) is 30.5 Å². The minimum atomic E-state index is -1.58. The number of aliphatic hydroxyl groups excluding tert-OH is 2. The van der Waals surface area contributed by atoms with Crippen LogP contribution in [0, 0.1) is 0 Å². The maximum absolute atomic E-state index is 12.9.